The average Bonchev–Trinajstić information content (AvgIpc) is 3.99. The third-order valence-corrected chi connectivity index (χ3v) is 17.6. The van der Waals surface area contributed by atoms with Gasteiger partial charge in [0.15, 0.2) is 5.75 Å². The number of rotatable bonds is 17. The number of pyridine rings is 1. The summed E-state index contributed by atoms with van der Waals surface area (Å²) < 4.78 is 29.9. The van der Waals surface area contributed by atoms with Crippen molar-refractivity contribution in [2.75, 3.05) is 37.7 Å². The summed E-state index contributed by atoms with van der Waals surface area (Å²) >= 11 is 0. The highest BCUT2D eigenvalue weighted by atomic mass is 19.1. The van der Waals surface area contributed by atoms with Gasteiger partial charge in [0.25, 0.3) is 0 Å². The van der Waals surface area contributed by atoms with Gasteiger partial charge >= 0.3 is 6.01 Å². The van der Waals surface area contributed by atoms with Crippen LogP contribution in [0, 0.1) is 18.7 Å². The normalized spacial score (nSPS) is 21.4. The minimum absolute atomic E-state index is 0.0495. The van der Waals surface area contributed by atoms with Crippen LogP contribution in [-0.2, 0) is 16.2 Å². The number of nitrogens with zero attached hydrogens (tertiary/aromatic N) is 9. The van der Waals surface area contributed by atoms with Crippen LogP contribution in [0.4, 0.5) is 10.2 Å². The van der Waals surface area contributed by atoms with E-state index in [2.05, 4.69) is 92.2 Å². The van der Waals surface area contributed by atoms with Crippen LogP contribution >= 0.6 is 0 Å². The summed E-state index contributed by atoms with van der Waals surface area (Å²) in [6.45, 7) is 11.4. The topological polar surface area (TPSA) is 199 Å². The fourth-order valence-corrected chi connectivity index (χ4v) is 12.6. The third kappa shape index (κ3) is 11.0. The van der Waals surface area contributed by atoms with Crippen molar-refractivity contribution in [1.82, 2.24) is 45.7 Å². The summed E-state index contributed by atoms with van der Waals surface area (Å²) in [7, 11) is 0. The van der Waals surface area contributed by atoms with Crippen LogP contribution < -0.4 is 25.0 Å². The summed E-state index contributed by atoms with van der Waals surface area (Å²) in [6.07, 6.45) is 16.8. The minimum atomic E-state index is -0.353. The number of amides is 2. The number of hydrogen-bond acceptors (Lipinski definition) is 14. The molecule has 0 bridgehead atoms. The van der Waals surface area contributed by atoms with Gasteiger partial charge in [-0.1, -0.05) is 80.4 Å². The minimum Gasteiger partial charge on any atom is -0.486 e. The number of H-pyrrole nitrogens is 1. The zero-order chi connectivity index (χ0) is 55.7. The number of aliphatic hydroxyl groups is 1. The highest BCUT2D eigenvalue weighted by Crippen LogP contribution is 2.54. The highest BCUT2D eigenvalue weighted by molar-refractivity contribution is 6.06. The first kappa shape index (κ1) is 54.0. The molecule has 4 aliphatic heterocycles. The first-order chi connectivity index (χ1) is 39.5. The lowest BCUT2D eigenvalue weighted by atomic mass is 9.86. The van der Waals surface area contributed by atoms with Gasteiger partial charge in [-0.3, -0.25) is 24.7 Å². The summed E-state index contributed by atoms with van der Waals surface area (Å²) in [5, 5.41) is 35.6. The third-order valence-electron chi connectivity index (χ3n) is 17.6. The van der Waals surface area contributed by atoms with E-state index in [0.717, 1.165) is 132 Å². The number of halogens is 1. The zero-order valence-electron chi connectivity index (χ0n) is 46.7. The lowest BCUT2D eigenvalue weighted by Crippen LogP contribution is -2.78. The molecule has 2 saturated carbocycles. The Bertz CT molecular complexity index is 3400. The molecule has 7 heterocycles. The summed E-state index contributed by atoms with van der Waals surface area (Å²) in [4.78, 5) is 43.0. The van der Waals surface area contributed by atoms with E-state index in [1.54, 1.807) is 18.6 Å². The van der Waals surface area contributed by atoms with Gasteiger partial charge < -0.3 is 35.0 Å². The SMILES string of the molecule is Cc1c(F)cc2[nH]ncc2c1-c1c(C2CC2)cc2c(N3CC4NCC43)nc(OC3CCCCCC3)nc2c1OCc1ccc(C2CN(C(C(=O)N3CCCC3C)C(C)C)N=N2)cc1.O=CNC(CO)c1ccc(-c2ccncc2)cc1. The molecule has 18 heteroatoms. The molecular weight excluding hydrogens is 1020 g/mol. The number of anilines is 1. The van der Waals surface area contributed by atoms with Crippen molar-refractivity contribution in [3.8, 4) is 34.0 Å². The second-order valence-electron chi connectivity index (χ2n) is 23.3. The Morgan fingerprint density at radius 1 is 0.901 bits per heavy atom. The van der Waals surface area contributed by atoms with Crippen LogP contribution in [0.1, 0.15) is 131 Å². The molecule has 3 saturated heterocycles. The molecular formula is C63H73FN12O5. The number of aromatic nitrogens is 5. The lowest BCUT2D eigenvalue weighted by molar-refractivity contribution is -0.139. The van der Waals surface area contributed by atoms with Crippen molar-refractivity contribution in [2.45, 2.75) is 147 Å². The molecule has 2 aliphatic carbocycles. The summed E-state index contributed by atoms with van der Waals surface area (Å²) in [5.41, 5.74) is 9.68. The first-order valence-corrected chi connectivity index (χ1v) is 29.2. The first-order valence-electron chi connectivity index (χ1n) is 29.2. The predicted octanol–water partition coefficient (Wildman–Crippen LogP) is 10.6. The molecule has 2 amide bonds. The predicted molar refractivity (Wildman–Crippen MR) is 309 cm³/mol. The Labute approximate surface area is 472 Å². The molecule has 0 spiro atoms. The van der Waals surface area contributed by atoms with Crippen LogP contribution in [0.25, 0.3) is 44.1 Å². The van der Waals surface area contributed by atoms with E-state index in [1.165, 1.54) is 18.9 Å². The number of carbonyl (C=O) groups is 2. The Kier molecular flexibility index (Phi) is 15.7. The maximum absolute atomic E-state index is 16.0. The maximum Gasteiger partial charge on any atom is 0.319 e. The molecule has 3 aromatic heterocycles. The van der Waals surface area contributed by atoms with Gasteiger partial charge in [-0.05, 0) is 140 Å². The van der Waals surface area contributed by atoms with Crippen LogP contribution in [0.5, 0.6) is 11.8 Å². The van der Waals surface area contributed by atoms with Gasteiger partial charge in [0.2, 0.25) is 12.3 Å². The number of hydrogen-bond donors (Lipinski definition) is 4. The molecule has 0 radical (unpaired) electrons. The van der Waals surface area contributed by atoms with Crippen LogP contribution in [0.2, 0.25) is 0 Å². The standard InChI is InChI=1S/C49H59FN10O3.C14H14N2O2/c1-27(2)45(48(61)58-19-9-10-28(58)3)60-25-39(56-57-60)32-15-13-30(14-16-32)26-62-46-43(42-29(4)37(50)21-38-36(42)22-52-55-38)34(31-17-18-31)20-35-44(46)53-49(63-33-11-7-5-6-8-12-33)54-47(35)59-24-40-41(59)23-51-40;17-9-14(16-10-18)13-3-1-11(2-4-13)12-5-7-15-8-6-12/h13-16,20-22,27-28,31,33,39-41,45,51H,5-12,17-19,23-26H2,1-4H3,(H,52,55);1-8,10,14,17H,9H2,(H,16,18). The molecule has 17 nitrogen and oxygen atoms in total. The van der Waals surface area contributed by atoms with Gasteiger partial charge in [0, 0.05) is 66.0 Å². The van der Waals surface area contributed by atoms with E-state index in [4.69, 9.17) is 24.5 Å². The van der Waals surface area contributed by atoms with Crippen LogP contribution in [0.15, 0.2) is 102 Å². The number of likely N-dealkylation sites (tertiary alicyclic amines) is 1. The van der Waals surface area contributed by atoms with Gasteiger partial charge in [0.05, 0.1) is 36.9 Å². The van der Waals surface area contributed by atoms with Crippen molar-refractivity contribution in [1.29, 1.82) is 0 Å². The number of piperazine rings is 1. The van der Waals surface area contributed by atoms with Crippen molar-refractivity contribution >= 4 is 39.9 Å². The number of aliphatic hydroxyl groups excluding tert-OH is 1. The fraction of sp³-hybridized carbons (Fsp3) is 0.460. The molecule has 6 atom stereocenters. The Balaban J connectivity index is 0.000000308. The monoisotopic (exact) mass is 1100 g/mol. The zero-order valence-corrected chi connectivity index (χ0v) is 46.7. The van der Waals surface area contributed by atoms with Gasteiger partial charge in [-0.25, -0.2) is 4.39 Å². The molecule has 4 aromatic carbocycles. The molecule has 6 aliphatic rings. The smallest absolute Gasteiger partial charge is 0.319 e. The van der Waals surface area contributed by atoms with E-state index in [0.29, 0.717) is 59.3 Å². The number of benzene rings is 4. The van der Waals surface area contributed by atoms with Gasteiger partial charge in [0.1, 0.15) is 41.9 Å². The molecule has 81 heavy (non-hydrogen) atoms. The summed E-state index contributed by atoms with van der Waals surface area (Å²) in [5.74, 6) is 1.74. The molecule has 6 unspecified atom stereocenters. The van der Waals surface area contributed by atoms with Crippen LogP contribution in [-0.4, -0.2) is 116 Å². The number of carbonyl (C=O) groups excluding carboxylic acids is 2. The lowest BCUT2D eigenvalue weighted by Gasteiger charge is -2.56. The van der Waals surface area contributed by atoms with Crippen molar-refractivity contribution in [3.63, 3.8) is 0 Å². The van der Waals surface area contributed by atoms with Gasteiger partial charge in [-0.15, -0.1) is 0 Å². The van der Waals surface area contributed by atoms with Crippen molar-refractivity contribution in [3.05, 3.63) is 125 Å². The number of ether oxygens (including phenoxy) is 2. The molecule has 13 rings (SSSR count). The van der Waals surface area contributed by atoms with Gasteiger partial charge in [-0.2, -0.15) is 20.2 Å². The Morgan fingerprint density at radius 3 is 2.32 bits per heavy atom. The van der Waals surface area contributed by atoms with E-state index in [1.807, 2.05) is 53.2 Å². The van der Waals surface area contributed by atoms with Crippen molar-refractivity contribution < 1.29 is 28.6 Å². The van der Waals surface area contributed by atoms with Crippen LogP contribution in [0.3, 0.4) is 0 Å². The van der Waals surface area contributed by atoms with Crippen molar-refractivity contribution in [2.24, 2.45) is 16.3 Å². The Morgan fingerprint density at radius 2 is 1.67 bits per heavy atom. The molecule has 422 valence electrons. The van der Waals surface area contributed by atoms with E-state index in [-0.39, 0.29) is 61.1 Å². The molecule has 5 fully saturated rings. The molecule has 4 N–H and O–H groups in total. The second kappa shape index (κ2) is 23.5. The highest BCUT2D eigenvalue weighted by Gasteiger charge is 2.47. The number of aromatic amines is 1. The molecule has 7 aromatic rings. The number of nitrogens with one attached hydrogen (secondary N) is 3. The summed E-state index contributed by atoms with van der Waals surface area (Å²) in [6, 6.07) is 24.3. The largest absolute Gasteiger partial charge is 0.486 e. The quantitative estimate of drug-likeness (QED) is 0.0498. The van der Waals surface area contributed by atoms with E-state index in [9.17, 15) is 9.59 Å². The number of fused-ring (bicyclic) bond motifs is 3. The average molecular weight is 1100 g/mol. The van der Waals surface area contributed by atoms with E-state index < -0.39 is 0 Å². The maximum atomic E-state index is 16.0. The second-order valence-corrected chi connectivity index (χ2v) is 23.3. The Hall–Kier alpha value is -7.57. The van der Waals surface area contributed by atoms with E-state index >= 15 is 4.39 Å². The fourth-order valence-electron chi connectivity index (χ4n) is 12.6.